The lowest BCUT2D eigenvalue weighted by molar-refractivity contribution is 0.0695. The second-order valence-electron chi connectivity index (χ2n) is 4.58. The van der Waals surface area contributed by atoms with E-state index in [0.717, 1.165) is 17.7 Å². The van der Waals surface area contributed by atoms with Crippen LogP contribution in [0.15, 0.2) is 45.8 Å². The molecule has 0 heterocycles. The van der Waals surface area contributed by atoms with Crippen molar-refractivity contribution in [1.29, 1.82) is 0 Å². The van der Waals surface area contributed by atoms with E-state index in [4.69, 9.17) is 5.11 Å². The Bertz CT molecular complexity index is 831. The molecule has 3 N–H and O–H groups in total. The van der Waals surface area contributed by atoms with E-state index in [1.54, 1.807) is 12.1 Å². The molecule has 2 aromatic rings. The highest BCUT2D eigenvalue weighted by Gasteiger charge is 2.18. The minimum Gasteiger partial charge on any atom is -0.507 e. The van der Waals surface area contributed by atoms with Crippen LogP contribution in [0.25, 0.3) is 0 Å². The largest absolute Gasteiger partial charge is 0.507 e. The Morgan fingerprint density at radius 2 is 1.77 bits per heavy atom. The molecule has 0 aliphatic rings. The lowest BCUT2D eigenvalue weighted by Crippen LogP contribution is -2.13. The van der Waals surface area contributed by atoms with E-state index in [1.165, 1.54) is 12.1 Å². The number of nitrogens with one attached hydrogen (secondary N) is 1. The molecule has 0 amide bonds. The van der Waals surface area contributed by atoms with Gasteiger partial charge in [-0.25, -0.2) is 13.2 Å². The molecule has 0 aromatic heterocycles. The molecule has 116 valence electrons. The number of hydrogen-bond acceptors (Lipinski definition) is 4. The van der Waals surface area contributed by atoms with Crippen molar-refractivity contribution in [2.24, 2.45) is 0 Å². The standard InChI is InChI=1S/C14H12BrNO5S/c1-8-2-4-10(5-3-8)22(20,21)16-9-6-11(14(18)19)13(15)12(17)7-9/h2-7,16-17H,1H3,(H,18,19). The number of sulfonamides is 1. The monoisotopic (exact) mass is 385 g/mol. The number of carboxylic acids is 1. The highest BCUT2D eigenvalue weighted by Crippen LogP contribution is 2.32. The molecule has 0 bridgehead atoms. The first-order valence-corrected chi connectivity index (χ1v) is 8.33. The van der Waals surface area contributed by atoms with Gasteiger partial charge in [0.05, 0.1) is 20.6 Å². The zero-order valence-electron chi connectivity index (χ0n) is 11.4. The third-order valence-corrected chi connectivity index (χ3v) is 5.10. The summed E-state index contributed by atoms with van der Waals surface area (Å²) >= 11 is 2.94. The number of phenols is 1. The number of aromatic carboxylic acids is 1. The highest BCUT2D eigenvalue weighted by atomic mass is 79.9. The molecule has 0 unspecified atom stereocenters. The number of aryl methyl sites for hydroxylation is 1. The quantitative estimate of drug-likeness (QED) is 0.750. The van der Waals surface area contributed by atoms with Gasteiger partial charge >= 0.3 is 5.97 Å². The summed E-state index contributed by atoms with van der Waals surface area (Å²) in [7, 11) is -3.87. The van der Waals surface area contributed by atoms with Crippen molar-refractivity contribution in [1.82, 2.24) is 0 Å². The van der Waals surface area contributed by atoms with E-state index in [0.29, 0.717) is 0 Å². The predicted molar refractivity (Wildman–Crippen MR) is 84.8 cm³/mol. The number of carbonyl (C=O) groups is 1. The van der Waals surface area contributed by atoms with Crippen molar-refractivity contribution in [3.8, 4) is 5.75 Å². The van der Waals surface area contributed by atoms with Crippen molar-refractivity contribution < 1.29 is 23.4 Å². The second kappa shape index (κ2) is 5.98. The van der Waals surface area contributed by atoms with Crippen molar-refractivity contribution >= 4 is 37.6 Å². The zero-order chi connectivity index (χ0) is 16.5. The normalized spacial score (nSPS) is 11.2. The van der Waals surface area contributed by atoms with Gasteiger partial charge in [0, 0.05) is 6.07 Å². The number of rotatable bonds is 4. The van der Waals surface area contributed by atoms with Crippen LogP contribution in [0, 0.1) is 6.92 Å². The van der Waals surface area contributed by atoms with Crippen LogP contribution in [0.1, 0.15) is 15.9 Å². The first-order chi connectivity index (χ1) is 10.2. The van der Waals surface area contributed by atoms with Gasteiger partial charge in [0.1, 0.15) is 5.75 Å². The molecular weight excluding hydrogens is 374 g/mol. The SMILES string of the molecule is Cc1ccc(S(=O)(=O)Nc2cc(O)c(Br)c(C(=O)O)c2)cc1. The van der Waals surface area contributed by atoms with Crippen LogP contribution in [-0.2, 0) is 10.0 Å². The van der Waals surface area contributed by atoms with E-state index in [-0.39, 0.29) is 26.4 Å². The Hall–Kier alpha value is -2.06. The minimum absolute atomic E-state index is 0.0155. The number of phenolic OH excluding ortho intramolecular Hbond substituents is 1. The average Bonchev–Trinajstić information content (AvgIpc) is 2.42. The summed E-state index contributed by atoms with van der Waals surface area (Å²) in [5.74, 6) is -1.67. The topological polar surface area (TPSA) is 104 Å². The van der Waals surface area contributed by atoms with E-state index in [9.17, 15) is 18.3 Å². The molecule has 2 aromatic carbocycles. The van der Waals surface area contributed by atoms with Crippen LogP contribution >= 0.6 is 15.9 Å². The second-order valence-corrected chi connectivity index (χ2v) is 7.06. The van der Waals surface area contributed by atoms with Crippen LogP contribution in [-0.4, -0.2) is 24.6 Å². The van der Waals surface area contributed by atoms with E-state index < -0.39 is 16.0 Å². The maximum atomic E-state index is 12.2. The van der Waals surface area contributed by atoms with Crippen LogP contribution in [0.3, 0.4) is 0 Å². The maximum Gasteiger partial charge on any atom is 0.337 e. The number of anilines is 1. The molecule has 0 saturated heterocycles. The van der Waals surface area contributed by atoms with Gasteiger partial charge in [-0.3, -0.25) is 4.72 Å². The molecule has 2 rings (SSSR count). The van der Waals surface area contributed by atoms with Gasteiger partial charge in [-0.1, -0.05) is 17.7 Å². The number of benzene rings is 2. The van der Waals surface area contributed by atoms with Gasteiger partial charge in [-0.05, 0) is 41.1 Å². The molecule has 0 aliphatic heterocycles. The first-order valence-electron chi connectivity index (χ1n) is 6.06. The molecule has 0 fully saturated rings. The zero-order valence-corrected chi connectivity index (χ0v) is 13.8. The molecule has 0 saturated carbocycles. The fourth-order valence-corrected chi connectivity index (χ4v) is 3.19. The van der Waals surface area contributed by atoms with Gasteiger partial charge < -0.3 is 10.2 Å². The number of halogens is 1. The number of carboxylic acid groups (broad SMARTS) is 1. The Balaban J connectivity index is 2.42. The Morgan fingerprint density at radius 1 is 1.18 bits per heavy atom. The lowest BCUT2D eigenvalue weighted by Gasteiger charge is -2.11. The molecule has 8 heteroatoms. The lowest BCUT2D eigenvalue weighted by atomic mass is 10.2. The van der Waals surface area contributed by atoms with Crippen molar-refractivity contribution in [2.45, 2.75) is 11.8 Å². The van der Waals surface area contributed by atoms with Crippen LogP contribution < -0.4 is 4.72 Å². The molecule has 0 atom stereocenters. The summed E-state index contributed by atoms with van der Waals surface area (Å²) in [5.41, 5.74) is 0.619. The van der Waals surface area contributed by atoms with Gasteiger partial charge in [0.2, 0.25) is 0 Å². The Kier molecular flexibility index (Phi) is 4.43. The first kappa shape index (κ1) is 16.3. The van der Waals surface area contributed by atoms with Crippen LogP contribution in [0.4, 0.5) is 5.69 Å². The van der Waals surface area contributed by atoms with Crippen LogP contribution in [0.2, 0.25) is 0 Å². The Morgan fingerprint density at radius 3 is 2.32 bits per heavy atom. The molecule has 0 spiro atoms. The molecular formula is C14H12BrNO5S. The minimum atomic E-state index is -3.87. The number of aromatic hydroxyl groups is 1. The van der Waals surface area contributed by atoms with Gasteiger partial charge in [0.15, 0.2) is 0 Å². The average molecular weight is 386 g/mol. The van der Waals surface area contributed by atoms with Gasteiger partial charge in [-0.15, -0.1) is 0 Å². The van der Waals surface area contributed by atoms with E-state index in [2.05, 4.69) is 20.7 Å². The summed E-state index contributed by atoms with van der Waals surface area (Å²) in [6.45, 7) is 1.83. The van der Waals surface area contributed by atoms with E-state index >= 15 is 0 Å². The summed E-state index contributed by atoms with van der Waals surface area (Å²) < 4.78 is 26.7. The Labute approximate surface area is 135 Å². The highest BCUT2D eigenvalue weighted by molar-refractivity contribution is 9.10. The van der Waals surface area contributed by atoms with Crippen molar-refractivity contribution in [2.75, 3.05) is 4.72 Å². The van der Waals surface area contributed by atoms with Gasteiger partial charge in [-0.2, -0.15) is 0 Å². The summed E-state index contributed by atoms with van der Waals surface area (Å²) in [4.78, 5) is 11.1. The third-order valence-electron chi connectivity index (χ3n) is 2.87. The smallest absolute Gasteiger partial charge is 0.337 e. The van der Waals surface area contributed by atoms with E-state index in [1.807, 2.05) is 6.92 Å². The molecule has 22 heavy (non-hydrogen) atoms. The fourth-order valence-electron chi connectivity index (χ4n) is 1.76. The fraction of sp³-hybridized carbons (Fsp3) is 0.0714. The summed E-state index contributed by atoms with van der Waals surface area (Å²) in [6.07, 6.45) is 0. The van der Waals surface area contributed by atoms with Crippen molar-refractivity contribution in [3.63, 3.8) is 0 Å². The predicted octanol–water partition coefficient (Wildman–Crippen LogP) is 2.96. The maximum absolute atomic E-state index is 12.2. The van der Waals surface area contributed by atoms with Crippen molar-refractivity contribution in [3.05, 3.63) is 52.0 Å². The summed E-state index contributed by atoms with van der Waals surface area (Å²) in [5, 5.41) is 18.7. The molecule has 6 nitrogen and oxygen atoms in total. The third kappa shape index (κ3) is 3.40. The summed E-state index contributed by atoms with van der Waals surface area (Å²) in [6, 6.07) is 8.43. The number of hydrogen-bond donors (Lipinski definition) is 3. The van der Waals surface area contributed by atoms with Crippen LogP contribution in [0.5, 0.6) is 5.75 Å². The van der Waals surface area contributed by atoms with Gasteiger partial charge in [0.25, 0.3) is 10.0 Å². The molecule has 0 aliphatic carbocycles. The molecule has 0 radical (unpaired) electrons.